The summed E-state index contributed by atoms with van der Waals surface area (Å²) in [5.41, 5.74) is 2.40. The number of aliphatic carboxylic acids is 1. The van der Waals surface area contributed by atoms with Gasteiger partial charge in [-0.05, 0) is 67.8 Å². The highest BCUT2D eigenvalue weighted by Crippen LogP contribution is 2.24. The van der Waals surface area contributed by atoms with E-state index in [0.29, 0.717) is 17.0 Å². The number of imide groups is 2. The van der Waals surface area contributed by atoms with Crippen LogP contribution in [-0.2, 0) is 14.4 Å². The third-order valence-electron chi connectivity index (χ3n) is 4.40. The second-order valence-corrected chi connectivity index (χ2v) is 6.95. The van der Waals surface area contributed by atoms with Crippen LogP contribution < -0.4 is 20.1 Å². The highest BCUT2D eigenvalue weighted by Gasteiger charge is 2.36. The predicted molar refractivity (Wildman–Crippen MR) is 106 cm³/mol. The maximum Gasteiger partial charge on any atom is 0.335 e. The summed E-state index contributed by atoms with van der Waals surface area (Å²) >= 11 is 0. The molecule has 0 radical (unpaired) electrons. The maximum absolute atomic E-state index is 12.9. The second kappa shape index (κ2) is 8.20. The Balaban J connectivity index is 1.90. The van der Waals surface area contributed by atoms with Gasteiger partial charge in [-0.3, -0.25) is 14.9 Å². The normalized spacial score (nSPS) is 16.4. The van der Waals surface area contributed by atoms with Gasteiger partial charge in [-0.15, -0.1) is 0 Å². The lowest BCUT2D eigenvalue weighted by Crippen LogP contribution is -2.54. The lowest BCUT2D eigenvalue weighted by molar-refractivity contribution is -0.312. The van der Waals surface area contributed by atoms with E-state index in [4.69, 9.17) is 4.74 Å². The molecule has 30 heavy (non-hydrogen) atoms. The lowest BCUT2D eigenvalue weighted by Gasteiger charge is -2.27. The summed E-state index contributed by atoms with van der Waals surface area (Å²) in [5, 5.41) is 12.9. The number of carbonyl (C=O) groups excluding carboxylic acids is 4. The van der Waals surface area contributed by atoms with Crippen LogP contribution in [0.4, 0.5) is 10.5 Å². The van der Waals surface area contributed by atoms with Gasteiger partial charge in [0.15, 0.2) is 0 Å². The number of barbiturate groups is 1. The Kier molecular flexibility index (Phi) is 5.68. The molecule has 2 aromatic carbocycles. The molecule has 2 aromatic rings. The Bertz CT molecular complexity index is 1050. The van der Waals surface area contributed by atoms with E-state index >= 15 is 0 Å². The number of benzene rings is 2. The van der Waals surface area contributed by atoms with E-state index in [1.165, 1.54) is 25.1 Å². The molecule has 0 aromatic heterocycles. The van der Waals surface area contributed by atoms with E-state index in [1.54, 1.807) is 24.3 Å². The van der Waals surface area contributed by atoms with E-state index in [2.05, 4.69) is 5.32 Å². The SMILES string of the molecule is Cc1cc(C)cc(N2C(=O)NC(=O)/C(=C/c3ccc(O[C@H](C)C(=O)[O-])cc3)C2=O)c1. The van der Waals surface area contributed by atoms with Gasteiger partial charge in [-0.1, -0.05) is 18.2 Å². The summed E-state index contributed by atoms with van der Waals surface area (Å²) in [5.74, 6) is -2.58. The molecule has 154 valence electrons. The molecule has 3 rings (SSSR count). The van der Waals surface area contributed by atoms with Gasteiger partial charge >= 0.3 is 6.03 Å². The number of hydrogen-bond acceptors (Lipinski definition) is 6. The van der Waals surface area contributed by atoms with Crippen LogP contribution >= 0.6 is 0 Å². The first kappa shape index (κ1) is 20.8. The molecular formula is C22H19N2O6-. The van der Waals surface area contributed by atoms with Gasteiger partial charge in [0.05, 0.1) is 11.7 Å². The largest absolute Gasteiger partial charge is 0.546 e. The maximum atomic E-state index is 12.9. The van der Waals surface area contributed by atoms with E-state index in [-0.39, 0.29) is 5.57 Å². The average molecular weight is 407 g/mol. The van der Waals surface area contributed by atoms with Gasteiger partial charge in [0.25, 0.3) is 11.8 Å². The number of rotatable bonds is 5. The number of hydrogen-bond donors (Lipinski definition) is 1. The van der Waals surface area contributed by atoms with Crippen molar-refractivity contribution in [3.63, 3.8) is 0 Å². The van der Waals surface area contributed by atoms with E-state index in [0.717, 1.165) is 16.0 Å². The fourth-order valence-corrected chi connectivity index (χ4v) is 3.03. The summed E-state index contributed by atoms with van der Waals surface area (Å²) in [4.78, 5) is 49.2. The van der Waals surface area contributed by atoms with Crippen LogP contribution in [0.1, 0.15) is 23.6 Å². The summed E-state index contributed by atoms with van der Waals surface area (Å²) in [6, 6.07) is 10.6. The highest BCUT2D eigenvalue weighted by atomic mass is 16.5. The van der Waals surface area contributed by atoms with Crippen LogP contribution in [0.5, 0.6) is 5.75 Å². The molecule has 1 N–H and O–H groups in total. The first-order valence-electron chi connectivity index (χ1n) is 9.13. The molecule has 0 aliphatic carbocycles. The van der Waals surface area contributed by atoms with Gasteiger partial charge < -0.3 is 14.6 Å². The molecule has 0 spiro atoms. The molecule has 0 unspecified atom stereocenters. The summed E-state index contributed by atoms with van der Waals surface area (Å²) in [6.07, 6.45) is 0.225. The van der Waals surface area contributed by atoms with Crippen LogP contribution in [0.15, 0.2) is 48.0 Å². The van der Waals surface area contributed by atoms with E-state index in [1.807, 2.05) is 19.9 Å². The quantitative estimate of drug-likeness (QED) is 0.593. The Morgan fingerprint density at radius 2 is 1.67 bits per heavy atom. The fourth-order valence-electron chi connectivity index (χ4n) is 3.03. The number of nitrogens with one attached hydrogen (secondary N) is 1. The smallest absolute Gasteiger partial charge is 0.335 e. The van der Waals surface area contributed by atoms with Crippen molar-refractivity contribution in [1.82, 2.24) is 5.32 Å². The molecule has 1 atom stereocenters. The molecule has 1 aliphatic heterocycles. The number of carbonyl (C=O) groups is 4. The van der Waals surface area contributed by atoms with Crippen molar-refractivity contribution >= 4 is 35.6 Å². The lowest BCUT2D eigenvalue weighted by atomic mass is 10.1. The Labute approximate surface area is 172 Å². The zero-order valence-corrected chi connectivity index (χ0v) is 16.6. The molecule has 8 nitrogen and oxygen atoms in total. The standard InChI is InChI=1S/C22H20N2O6/c1-12-8-13(2)10-16(9-12)24-20(26)18(19(25)23-22(24)29)11-15-4-6-17(7-5-15)30-14(3)21(27)28/h4-11,14H,1-3H3,(H,27,28)(H,23,25,29)/p-1/b18-11-/t14-/m1/s1. The third-order valence-corrected chi connectivity index (χ3v) is 4.40. The Morgan fingerprint density at radius 3 is 2.23 bits per heavy atom. The van der Waals surface area contributed by atoms with Gasteiger partial charge in [-0.25, -0.2) is 9.69 Å². The van der Waals surface area contributed by atoms with Crippen LogP contribution in [0.25, 0.3) is 6.08 Å². The first-order chi connectivity index (χ1) is 14.2. The van der Waals surface area contributed by atoms with Gasteiger partial charge in [0.1, 0.15) is 17.4 Å². The summed E-state index contributed by atoms with van der Waals surface area (Å²) in [7, 11) is 0. The van der Waals surface area contributed by atoms with Crippen LogP contribution in [0.2, 0.25) is 0 Å². The van der Waals surface area contributed by atoms with Crippen molar-refractivity contribution in [1.29, 1.82) is 0 Å². The van der Waals surface area contributed by atoms with E-state index in [9.17, 15) is 24.3 Å². The monoisotopic (exact) mass is 407 g/mol. The minimum atomic E-state index is -1.35. The number of carboxylic acids is 1. The fraction of sp³-hybridized carbons (Fsp3) is 0.182. The van der Waals surface area contributed by atoms with Crippen LogP contribution in [0, 0.1) is 13.8 Å². The predicted octanol–water partition coefficient (Wildman–Crippen LogP) is 1.49. The number of amides is 4. The van der Waals surface area contributed by atoms with Crippen molar-refractivity contribution < 1.29 is 29.0 Å². The van der Waals surface area contributed by atoms with Crippen molar-refractivity contribution in [2.24, 2.45) is 0 Å². The van der Waals surface area contributed by atoms with Crippen molar-refractivity contribution in [2.45, 2.75) is 26.9 Å². The van der Waals surface area contributed by atoms with Crippen molar-refractivity contribution in [3.05, 3.63) is 64.7 Å². The molecule has 1 heterocycles. The van der Waals surface area contributed by atoms with Crippen LogP contribution in [-0.4, -0.2) is 29.9 Å². The molecule has 1 saturated heterocycles. The Hall–Kier alpha value is -3.94. The molecule has 0 saturated carbocycles. The van der Waals surface area contributed by atoms with Gasteiger partial charge in [0.2, 0.25) is 0 Å². The number of anilines is 1. The zero-order chi connectivity index (χ0) is 22.0. The molecule has 0 bridgehead atoms. The summed E-state index contributed by atoms with van der Waals surface area (Å²) in [6.45, 7) is 5.03. The average Bonchev–Trinajstić information content (AvgIpc) is 2.65. The van der Waals surface area contributed by atoms with Gasteiger partial charge in [0, 0.05) is 0 Å². The zero-order valence-electron chi connectivity index (χ0n) is 16.6. The number of carboxylic acid groups (broad SMARTS) is 1. The summed E-state index contributed by atoms with van der Waals surface area (Å²) < 4.78 is 5.19. The van der Waals surface area contributed by atoms with Crippen molar-refractivity contribution in [3.8, 4) is 5.75 Å². The van der Waals surface area contributed by atoms with Gasteiger partial charge in [-0.2, -0.15) is 0 Å². The number of urea groups is 1. The highest BCUT2D eigenvalue weighted by molar-refractivity contribution is 6.39. The molecule has 1 aliphatic rings. The Morgan fingerprint density at radius 1 is 1.07 bits per heavy atom. The number of ether oxygens (including phenoxy) is 1. The topological polar surface area (TPSA) is 116 Å². The second-order valence-electron chi connectivity index (χ2n) is 6.95. The van der Waals surface area contributed by atoms with Crippen LogP contribution in [0.3, 0.4) is 0 Å². The minimum absolute atomic E-state index is 0.203. The third kappa shape index (κ3) is 4.38. The minimum Gasteiger partial charge on any atom is -0.546 e. The molecular weight excluding hydrogens is 388 g/mol. The number of nitrogens with zero attached hydrogens (tertiary/aromatic N) is 1. The molecule has 4 amide bonds. The van der Waals surface area contributed by atoms with Crippen molar-refractivity contribution in [2.75, 3.05) is 4.90 Å². The molecule has 8 heteroatoms. The number of aryl methyl sites for hydroxylation is 2. The molecule has 1 fully saturated rings. The van der Waals surface area contributed by atoms with E-state index < -0.39 is 29.9 Å². The first-order valence-corrected chi connectivity index (χ1v) is 9.13.